The number of aliphatic hydroxyl groups excluding tert-OH is 1. The number of nitrogens with zero attached hydrogens (tertiary/aromatic N) is 2. The number of ether oxygens (including phenoxy) is 3. The SMILES string of the molecule is CCCCOc1ccc(C(O)=C2C(=O)C(=O)N(CCCN(C)C)[C@@H]2c2ccc(OCC)c(OC)c2)cc1C. The van der Waals surface area contributed by atoms with Crippen molar-refractivity contribution in [1.29, 1.82) is 0 Å². The molecule has 3 rings (SSSR count). The minimum absolute atomic E-state index is 0.0603. The number of likely N-dealkylation sites (tertiary alicyclic amines) is 1. The van der Waals surface area contributed by atoms with Gasteiger partial charge in [0.25, 0.3) is 11.7 Å². The molecule has 1 saturated heterocycles. The molecule has 1 aliphatic rings. The summed E-state index contributed by atoms with van der Waals surface area (Å²) in [6, 6.07) is 9.88. The zero-order valence-electron chi connectivity index (χ0n) is 23.4. The molecule has 0 saturated carbocycles. The number of amides is 1. The van der Waals surface area contributed by atoms with Crippen LogP contribution >= 0.6 is 0 Å². The van der Waals surface area contributed by atoms with Gasteiger partial charge in [-0.15, -0.1) is 0 Å². The zero-order valence-corrected chi connectivity index (χ0v) is 23.4. The van der Waals surface area contributed by atoms with Gasteiger partial charge >= 0.3 is 0 Å². The molecule has 0 aromatic heterocycles. The Morgan fingerprint density at radius 3 is 2.37 bits per heavy atom. The van der Waals surface area contributed by atoms with Crippen LogP contribution < -0.4 is 14.2 Å². The lowest BCUT2D eigenvalue weighted by Gasteiger charge is -2.26. The molecule has 38 heavy (non-hydrogen) atoms. The van der Waals surface area contributed by atoms with E-state index in [1.54, 1.807) is 42.3 Å². The Kier molecular flexibility index (Phi) is 10.2. The van der Waals surface area contributed by atoms with Crippen LogP contribution in [-0.2, 0) is 9.59 Å². The van der Waals surface area contributed by atoms with Crippen molar-refractivity contribution in [3.63, 3.8) is 0 Å². The van der Waals surface area contributed by atoms with E-state index in [4.69, 9.17) is 14.2 Å². The summed E-state index contributed by atoms with van der Waals surface area (Å²) in [5.74, 6) is 0.252. The molecule has 0 spiro atoms. The van der Waals surface area contributed by atoms with Gasteiger partial charge in [0, 0.05) is 12.1 Å². The van der Waals surface area contributed by atoms with Crippen molar-refractivity contribution in [2.75, 3.05) is 47.5 Å². The number of aliphatic hydroxyl groups is 1. The number of benzene rings is 2. The maximum absolute atomic E-state index is 13.4. The van der Waals surface area contributed by atoms with Crippen molar-refractivity contribution < 1.29 is 28.9 Å². The summed E-state index contributed by atoms with van der Waals surface area (Å²) in [5.41, 5.74) is 2.02. The van der Waals surface area contributed by atoms with Gasteiger partial charge in [0.1, 0.15) is 11.5 Å². The largest absolute Gasteiger partial charge is 0.507 e. The zero-order chi connectivity index (χ0) is 27.8. The van der Waals surface area contributed by atoms with Gasteiger partial charge in [-0.25, -0.2) is 0 Å². The maximum Gasteiger partial charge on any atom is 0.295 e. The van der Waals surface area contributed by atoms with Crippen molar-refractivity contribution >= 4 is 17.4 Å². The molecule has 0 unspecified atom stereocenters. The van der Waals surface area contributed by atoms with Gasteiger partial charge in [0.2, 0.25) is 0 Å². The van der Waals surface area contributed by atoms with E-state index in [0.717, 1.165) is 30.7 Å². The molecular formula is C30H40N2O6. The first kappa shape index (κ1) is 29.0. The molecule has 2 aromatic carbocycles. The summed E-state index contributed by atoms with van der Waals surface area (Å²) in [6.45, 7) is 8.08. The highest BCUT2D eigenvalue weighted by atomic mass is 16.5. The Morgan fingerprint density at radius 1 is 1.00 bits per heavy atom. The van der Waals surface area contributed by atoms with E-state index in [9.17, 15) is 14.7 Å². The highest BCUT2D eigenvalue weighted by molar-refractivity contribution is 6.46. The third-order valence-electron chi connectivity index (χ3n) is 6.55. The number of unbranched alkanes of at least 4 members (excludes halogenated alkanes) is 1. The number of rotatable bonds is 13. The van der Waals surface area contributed by atoms with Crippen LogP contribution in [0, 0.1) is 6.92 Å². The van der Waals surface area contributed by atoms with E-state index < -0.39 is 17.7 Å². The Hall–Kier alpha value is -3.52. The van der Waals surface area contributed by atoms with E-state index in [-0.39, 0.29) is 11.3 Å². The molecule has 1 atom stereocenters. The van der Waals surface area contributed by atoms with Crippen LogP contribution in [0.15, 0.2) is 42.0 Å². The van der Waals surface area contributed by atoms with Crippen LogP contribution in [0.3, 0.4) is 0 Å². The fourth-order valence-corrected chi connectivity index (χ4v) is 4.58. The molecule has 1 fully saturated rings. The second-order valence-corrected chi connectivity index (χ2v) is 9.67. The van der Waals surface area contributed by atoms with Gasteiger partial charge in [-0.1, -0.05) is 19.4 Å². The normalized spacial score (nSPS) is 16.8. The Balaban J connectivity index is 2.09. The van der Waals surface area contributed by atoms with Crippen molar-refractivity contribution in [2.24, 2.45) is 0 Å². The number of carbonyl (C=O) groups excluding carboxylic acids is 2. The summed E-state index contributed by atoms with van der Waals surface area (Å²) in [4.78, 5) is 30.2. The van der Waals surface area contributed by atoms with Crippen molar-refractivity contribution in [2.45, 2.75) is 46.1 Å². The average Bonchev–Trinajstić information content (AvgIpc) is 3.14. The first-order chi connectivity index (χ1) is 18.2. The molecule has 1 N–H and O–H groups in total. The number of ketones is 1. The summed E-state index contributed by atoms with van der Waals surface area (Å²) in [7, 11) is 5.46. The monoisotopic (exact) mass is 524 g/mol. The topological polar surface area (TPSA) is 88.5 Å². The van der Waals surface area contributed by atoms with E-state index in [1.165, 1.54) is 0 Å². The molecule has 0 bridgehead atoms. The minimum Gasteiger partial charge on any atom is -0.507 e. The fraction of sp³-hybridized carbons (Fsp3) is 0.467. The third-order valence-corrected chi connectivity index (χ3v) is 6.55. The molecule has 1 amide bonds. The van der Waals surface area contributed by atoms with Crippen molar-refractivity contribution in [3.05, 3.63) is 58.7 Å². The summed E-state index contributed by atoms with van der Waals surface area (Å²) in [5, 5.41) is 11.4. The van der Waals surface area contributed by atoms with Crippen LogP contribution in [0.5, 0.6) is 17.2 Å². The molecular weight excluding hydrogens is 484 g/mol. The lowest BCUT2D eigenvalue weighted by molar-refractivity contribution is -0.139. The highest BCUT2D eigenvalue weighted by Gasteiger charge is 2.46. The van der Waals surface area contributed by atoms with Crippen LogP contribution in [0.2, 0.25) is 0 Å². The number of hydrogen-bond donors (Lipinski definition) is 1. The van der Waals surface area contributed by atoms with E-state index in [0.29, 0.717) is 48.8 Å². The van der Waals surface area contributed by atoms with E-state index >= 15 is 0 Å². The summed E-state index contributed by atoms with van der Waals surface area (Å²) in [6.07, 6.45) is 2.65. The maximum atomic E-state index is 13.4. The Morgan fingerprint density at radius 2 is 1.74 bits per heavy atom. The molecule has 8 nitrogen and oxygen atoms in total. The molecule has 8 heteroatoms. The van der Waals surface area contributed by atoms with E-state index in [1.807, 2.05) is 38.9 Å². The third kappa shape index (κ3) is 6.48. The molecule has 0 radical (unpaired) electrons. The van der Waals surface area contributed by atoms with Gasteiger partial charge in [0.05, 0.1) is 31.9 Å². The highest BCUT2D eigenvalue weighted by Crippen LogP contribution is 2.42. The van der Waals surface area contributed by atoms with Crippen molar-refractivity contribution in [3.8, 4) is 17.2 Å². The number of aryl methyl sites for hydroxylation is 1. The van der Waals surface area contributed by atoms with Crippen LogP contribution in [0.25, 0.3) is 5.76 Å². The predicted octanol–water partition coefficient (Wildman–Crippen LogP) is 4.95. The van der Waals surface area contributed by atoms with Gasteiger partial charge in [0.15, 0.2) is 11.5 Å². The van der Waals surface area contributed by atoms with Gasteiger partial charge in [-0.3, -0.25) is 9.59 Å². The van der Waals surface area contributed by atoms with Crippen LogP contribution in [0.4, 0.5) is 0 Å². The predicted molar refractivity (Wildman–Crippen MR) is 148 cm³/mol. The molecule has 206 valence electrons. The van der Waals surface area contributed by atoms with Crippen LogP contribution in [-0.4, -0.2) is 74.1 Å². The molecule has 1 heterocycles. The van der Waals surface area contributed by atoms with Crippen molar-refractivity contribution in [1.82, 2.24) is 9.80 Å². The second-order valence-electron chi connectivity index (χ2n) is 9.67. The second kappa shape index (κ2) is 13.3. The number of methoxy groups -OCH3 is 1. The van der Waals surface area contributed by atoms with Crippen LogP contribution in [0.1, 0.15) is 55.8 Å². The van der Waals surface area contributed by atoms with Gasteiger partial charge < -0.3 is 29.1 Å². The summed E-state index contributed by atoms with van der Waals surface area (Å²) >= 11 is 0. The molecule has 0 aliphatic carbocycles. The Bertz CT molecular complexity index is 1170. The molecule has 1 aliphatic heterocycles. The first-order valence-corrected chi connectivity index (χ1v) is 13.2. The summed E-state index contributed by atoms with van der Waals surface area (Å²) < 4.78 is 17.0. The minimum atomic E-state index is -0.762. The van der Waals surface area contributed by atoms with E-state index in [2.05, 4.69) is 6.92 Å². The fourth-order valence-electron chi connectivity index (χ4n) is 4.58. The average molecular weight is 525 g/mol. The van der Waals surface area contributed by atoms with Gasteiger partial charge in [-0.2, -0.15) is 0 Å². The quantitative estimate of drug-likeness (QED) is 0.172. The molecule has 2 aromatic rings. The Labute approximate surface area is 225 Å². The standard InChI is InChI=1S/C30H40N2O6/c1-7-9-17-38-23-13-12-22(18-20(23)3)28(33)26-27(21-11-14-24(37-8-2)25(19-21)36-6)32(30(35)29(26)34)16-10-15-31(4)5/h11-14,18-19,27,33H,7-10,15-17H2,1-6H3/t27-/m1/s1. The number of Topliss-reactive ketones (excluding diaryl/α,β-unsaturated/α-hetero) is 1. The number of carbonyl (C=O) groups is 2. The van der Waals surface area contributed by atoms with Gasteiger partial charge in [-0.05, 0) is 88.8 Å². The first-order valence-electron chi connectivity index (χ1n) is 13.2. The smallest absolute Gasteiger partial charge is 0.295 e. The lowest BCUT2D eigenvalue weighted by Crippen LogP contribution is -2.32. The lowest BCUT2D eigenvalue weighted by atomic mass is 9.94. The number of hydrogen-bond acceptors (Lipinski definition) is 7.